The second kappa shape index (κ2) is 8.74. The van der Waals surface area contributed by atoms with Gasteiger partial charge in [-0.05, 0) is 52.5 Å². The first-order valence-corrected chi connectivity index (χ1v) is 8.53. The molecule has 0 bridgehead atoms. The molecule has 1 amide bonds. The number of nitrogens with zero attached hydrogens (tertiary/aromatic N) is 1. The molecule has 0 radical (unpaired) electrons. The van der Waals surface area contributed by atoms with E-state index in [-0.39, 0.29) is 11.4 Å². The first-order chi connectivity index (χ1) is 9.78. The molecule has 0 spiro atoms. The van der Waals surface area contributed by atoms with Gasteiger partial charge in [0.05, 0.1) is 6.54 Å². The van der Waals surface area contributed by atoms with Crippen LogP contribution in [-0.4, -0.2) is 48.6 Å². The molecule has 1 aliphatic heterocycles. The van der Waals surface area contributed by atoms with Crippen molar-refractivity contribution in [2.45, 2.75) is 71.9 Å². The van der Waals surface area contributed by atoms with E-state index in [0.29, 0.717) is 18.5 Å². The summed E-state index contributed by atoms with van der Waals surface area (Å²) in [6.07, 6.45) is 4.75. The summed E-state index contributed by atoms with van der Waals surface area (Å²) in [5.74, 6) is 0.822. The van der Waals surface area contributed by atoms with Crippen molar-refractivity contribution in [1.29, 1.82) is 0 Å². The van der Waals surface area contributed by atoms with Gasteiger partial charge in [-0.1, -0.05) is 20.3 Å². The molecule has 0 aromatic carbocycles. The third kappa shape index (κ3) is 8.42. The van der Waals surface area contributed by atoms with E-state index in [1.807, 2.05) is 0 Å². The largest absolute Gasteiger partial charge is 0.355 e. The predicted octanol–water partition coefficient (Wildman–Crippen LogP) is 2.39. The number of carbonyl (C=O) groups excluding carboxylic acids is 1. The lowest BCUT2D eigenvalue weighted by Gasteiger charge is -2.37. The molecule has 1 aliphatic rings. The number of amides is 1. The normalized spacial score (nSPS) is 20.8. The van der Waals surface area contributed by atoms with Crippen LogP contribution in [0, 0.1) is 5.92 Å². The van der Waals surface area contributed by atoms with E-state index in [2.05, 4.69) is 50.2 Å². The minimum absolute atomic E-state index is 0.142. The lowest BCUT2D eigenvalue weighted by atomic mass is 10.0. The van der Waals surface area contributed by atoms with Crippen LogP contribution in [-0.2, 0) is 4.79 Å². The Morgan fingerprint density at radius 1 is 1.29 bits per heavy atom. The highest BCUT2D eigenvalue weighted by molar-refractivity contribution is 5.78. The van der Waals surface area contributed by atoms with Crippen LogP contribution in [0.5, 0.6) is 0 Å². The molecule has 1 rings (SSSR count). The van der Waals surface area contributed by atoms with Crippen molar-refractivity contribution in [3.63, 3.8) is 0 Å². The molecule has 0 aromatic rings. The van der Waals surface area contributed by atoms with E-state index in [9.17, 15) is 4.79 Å². The number of hydrogen-bond acceptors (Lipinski definition) is 3. The molecule has 1 atom stereocenters. The van der Waals surface area contributed by atoms with E-state index < -0.39 is 0 Å². The van der Waals surface area contributed by atoms with Crippen LogP contribution in [0.1, 0.15) is 60.3 Å². The predicted molar refractivity (Wildman–Crippen MR) is 89.4 cm³/mol. The van der Waals surface area contributed by atoms with Crippen LogP contribution in [0.2, 0.25) is 0 Å². The number of piperidine rings is 1. The van der Waals surface area contributed by atoms with Crippen molar-refractivity contribution < 1.29 is 4.79 Å². The summed E-state index contributed by atoms with van der Waals surface area (Å²) in [5, 5.41) is 6.63. The molecule has 4 nitrogen and oxygen atoms in total. The first-order valence-electron chi connectivity index (χ1n) is 8.53. The minimum atomic E-state index is 0.142. The Balaban J connectivity index is 2.36. The van der Waals surface area contributed by atoms with Crippen molar-refractivity contribution in [3.05, 3.63) is 0 Å². The fraction of sp³-hybridized carbons (Fsp3) is 0.941. The summed E-state index contributed by atoms with van der Waals surface area (Å²) >= 11 is 0. The third-order valence-corrected chi connectivity index (χ3v) is 4.01. The van der Waals surface area contributed by atoms with Gasteiger partial charge in [0.2, 0.25) is 5.91 Å². The van der Waals surface area contributed by atoms with Gasteiger partial charge in [-0.2, -0.15) is 0 Å². The Bertz CT molecular complexity index is 310. The van der Waals surface area contributed by atoms with Crippen molar-refractivity contribution in [1.82, 2.24) is 15.5 Å². The van der Waals surface area contributed by atoms with Gasteiger partial charge in [0.15, 0.2) is 0 Å². The maximum Gasteiger partial charge on any atom is 0.234 e. The van der Waals surface area contributed by atoms with Gasteiger partial charge in [0.1, 0.15) is 0 Å². The molecule has 0 saturated carbocycles. The van der Waals surface area contributed by atoms with E-state index in [4.69, 9.17) is 0 Å². The van der Waals surface area contributed by atoms with Crippen molar-refractivity contribution >= 4 is 5.91 Å². The van der Waals surface area contributed by atoms with Gasteiger partial charge in [0, 0.05) is 24.7 Å². The maximum absolute atomic E-state index is 12.1. The zero-order valence-electron chi connectivity index (χ0n) is 14.7. The summed E-state index contributed by atoms with van der Waals surface area (Å²) in [5.41, 5.74) is 0.142. The van der Waals surface area contributed by atoms with Crippen LogP contribution in [0.4, 0.5) is 0 Å². The Kier molecular flexibility index (Phi) is 7.67. The number of nitrogens with one attached hydrogen (secondary N) is 2. The number of carbonyl (C=O) groups is 1. The van der Waals surface area contributed by atoms with Crippen molar-refractivity contribution in [2.75, 3.05) is 26.2 Å². The van der Waals surface area contributed by atoms with E-state index >= 15 is 0 Å². The highest BCUT2D eigenvalue weighted by atomic mass is 16.2. The first kappa shape index (κ1) is 18.4. The Morgan fingerprint density at radius 2 is 2.00 bits per heavy atom. The van der Waals surface area contributed by atoms with Crippen LogP contribution in [0.3, 0.4) is 0 Å². The Labute approximate surface area is 131 Å². The highest BCUT2D eigenvalue weighted by Gasteiger charge is 2.25. The summed E-state index contributed by atoms with van der Waals surface area (Å²) in [7, 11) is 0. The third-order valence-electron chi connectivity index (χ3n) is 4.01. The van der Waals surface area contributed by atoms with Gasteiger partial charge in [0.25, 0.3) is 0 Å². The molecular weight excluding hydrogens is 262 g/mol. The second-order valence-electron chi connectivity index (χ2n) is 7.78. The summed E-state index contributed by atoms with van der Waals surface area (Å²) in [6.45, 7) is 14.3. The number of hydrogen-bond donors (Lipinski definition) is 2. The van der Waals surface area contributed by atoms with E-state index in [1.54, 1.807) is 0 Å². The summed E-state index contributed by atoms with van der Waals surface area (Å²) in [6, 6.07) is 0.494. The molecule has 2 N–H and O–H groups in total. The molecule has 4 heteroatoms. The van der Waals surface area contributed by atoms with Gasteiger partial charge in [-0.3, -0.25) is 9.69 Å². The molecule has 0 aliphatic carbocycles. The average molecular weight is 297 g/mol. The van der Waals surface area contributed by atoms with Gasteiger partial charge in [-0.25, -0.2) is 0 Å². The van der Waals surface area contributed by atoms with Crippen LogP contribution in [0.15, 0.2) is 0 Å². The van der Waals surface area contributed by atoms with Crippen LogP contribution >= 0.6 is 0 Å². The lowest BCUT2D eigenvalue weighted by molar-refractivity contribution is -0.123. The maximum atomic E-state index is 12.1. The van der Waals surface area contributed by atoms with Gasteiger partial charge < -0.3 is 10.6 Å². The quantitative estimate of drug-likeness (QED) is 0.758. The lowest BCUT2D eigenvalue weighted by Crippen LogP contribution is -2.52. The minimum Gasteiger partial charge on any atom is -0.355 e. The molecule has 1 heterocycles. The Hall–Kier alpha value is -0.610. The summed E-state index contributed by atoms with van der Waals surface area (Å²) in [4.78, 5) is 14.4. The topological polar surface area (TPSA) is 44.4 Å². The fourth-order valence-electron chi connectivity index (χ4n) is 2.66. The molecule has 21 heavy (non-hydrogen) atoms. The SMILES string of the molecule is CC(C)CCNC(=O)CN1CCCCC1CNC(C)(C)C. The molecule has 1 fully saturated rings. The van der Waals surface area contributed by atoms with Crippen molar-refractivity contribution in [2.24, 2.45) is 5.92 Å². The van der Waals surface area contributed by atoms with Crippen molar-refractivity contribution in [3.8, 4) is 0 Å². The van der Waals surface area contributed by atoms with Crippen LogP contribution < -0.4 is 10.6 Å². The molecular formula is C17H35N3O. The fourth-order valence-corrected chi connectivity index (χ4v) is 2.66. The molecule has 1 unspecified atom stereocenters. The smallest absolute Gasteiger partial charge is 0.234 e. The zero-order chi connectivity index (χ0) is 15.9. The molecule has 0 aromatic heterocycles. The average Bonchev–Trinajstić information content (AvgIpc) is 2.36. The second-order valence-corrected chi connectivity index (χ2v) is 7.78. The molecule has 1 saturated heterocycles. The van der Waals surface area contributed by atoms with E-state index in [0.717, 1.165) is 26.1 Å². The Morgan fingerprint density at radius 3 is 2.62 bits per heavy atom. The van der Waals surface area contributed by atoms with E-state index in [1.165, 1.54) is 19.3 Å². The summed E-state index contributed by atoms with van der Waals surface area (Å²) < 4.78 is 0. The van der Waals surface area contributed by atoms with Gasteiger partial charge >= 0.3 is 0 Å². The molecule has 124 valence electrons. The number of rotatable bonds is 7. The zero-order valence-corrected chi connectivity index (χ0v) is 14.7. The highest BCUT2D eigenvalue weighted by Crippen LogP contribution is 2.16. The van der Waals surface area contributed by atoms with Gasteiger partial charge in [-0.15, -0.1) is 0 Å². The standard InChI is InChI=1S/C17H35N3O/c1-14(2)9-10-18-16(21)13-20-11-7-6-8-15(20)12-19-17(3,4)5/h14-15,19H,6-13H2,1-5H3,(H,18,21). The van der Waals surface area contributed by atoms with Crippen LogP contribution in [0.25, 0.3) is 0 Å². The number of likely N-dealkylation sites (tertiary alicyclic amines) is 1. The monoisotopic (exact) mass is 297 g/mol.